The van der Waals surface area contributed by atoms with Crippen molar-refractivity contribution in [2.75, 3.05) is 12.4 Å². The maximum atomic E-state index is 11.4. The van der Waals surface area contributed by atoms with Gasteiger partial charge in [-0.15, -0.1) is 0 Å². The summed E-state index contributed by atoms with van der Waals surface area (Å²) in [5.41, 5.74) is 0. The molecular weight excluding hydrogens is 339 g/mol. The minimum atomic E-state index is -4.25. The Morgan fingerprint density at radius 2 is 1.48 bits per heavy atom. The van der Waals surface area contributed by atoms with Crippen LogP contribution in [0, 0.1) is 0 Å². The van der Waals surface area contributed by atoms with Crippen LogP contribution in [0.15, 0.2) is 0 Å². The van der Waals surface area contributed by atoms with Crippen molar-refractivity contribution in [2.45, 2.75) is 77.2 Å². The number of esters is 1. The van der Waals surface area contributed by atoms with Gasteiger partial charge in [-0.2, -0.15) is 18.3 Å². The topological polar surface area (TPSA) is 101 Å². The van der Waals surface area contributed by atoms with Crippen molar-refractivity contribution in [1.29, 1.82) is 0 Å². The van der Waals surface area contributed by atoms with Crippen LogP contribution >= 0.6 is 9.90 Å². The van der Waals surface area contributed by atoms with Crippen LogP contribution in [-0.4, -0.2) is 42.5 Å². The summed E-state index contributed by atoms with van der Waals surface area (Å²) in [6.45, 7) is 1.79. The first-order chi connectivity index (χ1) is 10.3. The maximum Gasteiger partial charge on any atom is 0.305 e. The van der Waals surface area contributed by atoms with Crippen LogP contribution in [0.3, 0.4) is 0 Å². The van der Waals surface area contributed by atoms with Crippen molar-refractivity contribution in [3.8, 4) is 0 Å². The summed E-state index contributed by atoms with van der Waals surface area (Å²) in [6.07, 6.45) is 9.25. The minimum absolute atomic E-state index is 0. The van der Waals surface area contributed by atoms with E-state index < -0.39 is 34.6 Å². The molecule has 2 unspecified atom stereocenters. The molecule has 0 rings (SSSR count). The van der Waals surface area contributed by atoms with Crippen LogP contribution in [-0.2, 0) is 19.6 Å². The van der Waals surface area contributed by atoms with Gasteiger partial charge in [0, 0.05) is 6.42 Å². The Balaban J connectivity index is 0. The highest BCUT2D eigenvalue weighted by Crippen LogP contribution is 2.10. The molecule has 23 heavy (non-hydrogen) atoms. The molecule has 8 heteroatoms. The highest BCUT2D eigenvalue weighted by molar-refractivity contribution is 7.85. The molecule has 0 spiro atoms. The number of aliphatic hydroxyl groups is 1. The lowest BCUT2D eigenvalue weighted by atomic mass is 10.1. The molecular formula is C15H33O6PS. The molecule has 2 atom stereocenters. The van der Waals surface area contributed by atoms with Gasteiger partial charge in [-0.1, -0.05) is 58.3 Å². The summed E-state index contributed by atoms with van der Waals surface area (Å²) >= 11 is 0. The van der Waals surface area contributed by atoms with E-state index >= 15 is 0 Å². The van der Waals surface area contributed by atoms with Gasteiger partial charge in [0.2, 0.25) is 0 Å². The summed E-state index contributed by atoms with van der Waals surface area (Å²) in [5, 5.41) is 9.25. The van der Waals surface area contributed by atoms with E-state index in [4.69, 9.17) is 9.29 Å². The molecule has 0 aromatic rings. The fourth-order valence-corrected chi connectivity index (χ4v) is 2.72. The molecule has 0 saturated carbocycles. The standard InChI is InChI=1S/C15H30O6S.H3P/c1-2-3-4-5-6-7-8-9-10-11-15(17)21-12-14(16)13-22(18,19)20;/h14,16H,2-13H2,1H3,(H,18,19,20);1H3. The van der Waals surface area contributed by atoms with E-state index in [-0.39, 0.29) is 16.3 Å². The zero-order chi connectivity index (χ0) is 16.8. The molecule has 0 radical (unpaired) electrons. The third kappa shape index (κ3) is 19.7. The third-order valence-electron chi connectivity index (χ3n) is 3.32. The lowest BCUT2D eigenvalue weighted by Gasteiger charge is -2.09. The van der Waals surface area contributed by atoms with Gasteiger partial charge >= 0.3 is 5.97 Å². The Hall–Kier alpha value is -0.230. The fourth-order valence-electron chi connectivity index (χ4n) is 2.13. The number of rotatable bonds is 14. The molecule has 0 aliphatic heterocycles. The van der Waals surface area contributed by atoms with Crippen molar-refractivity contribution >= 4 is 26.0 Å². The number of ether oxygens (including phenoxy) is 1. The van der Waals surface area contributed by atoms with E-state index in [1.807, 2.05) is 0 Å². The van der Waals surface area contributed by atoms with Gasteiger partial charge in [0.1, 0.15) is 18.5 Å². The first kappa shape index (κ1) is 25.0. The van der Waals surface area contributed by atoms with Crippen molar-refractivity contribution in [3.05, 3.63) is 0 Å². The molecule has 2 N–H and O–H groups in total. The lowest BCUT2D eigenvalue weighted by molar-refractivity contribution is -0.146. The quantitative estimate of drug-likeness (QED) is 0.210. The number of aliphatic hydroxyl groups excluding tert-OH is 1. The minimum Gasteiger partial charge on any atom is -0.463 e. The predicted molar refractivity (Wildman–Crippen MR) is 96.3 cm³/mol. The van der Waals surface area contributed by atoms with Crippen LogP contribution in [0.25, 0.3) is 0 Å². The van der Waals surface area contributed by atoms with E-state index in [0.717, 1.165) is 19.3 Å². The Kier molecular flexibility index (Phi) is 16.6. The Labute approximate surface area is 143 Å². The van der Waals surface area contributed by atoms with E-state index in [9.17, 15) is 18.3 Å². The number of carbonyl (C=O) groups excluding carboxylic acids is 1. The maximum absolute atomic E-state index is 11.4. The Morgan fingerprint density at radius 1 is 1.00 bits per heavy atom. The van der Waals surface area contributed by atoms with Gasteiger partial charge in [-0.05, 0) is 6.42 Å². The number of hydrogen-bond donors (Lipinski definition) is 2. The Morgan fingerprint density at radius 3 is 1.96 bits per heavy atom. The van der Waals surface area contributed by atoms with Gasteiger partial charge in [0.25, 0.3) is 10.1 Å². The van der Waals surface area contributed by atoms with E-state index in [0.29, 0.717) is 0 Å². The second-order valence-electron chi connectivity index (χ2n) is 5.66. The summed E-state index contributed by atoms with van der Waals surface area (Å²) in [4.78, 5) is 11.4. The molecule has 0 aliphatic rings. The molecule has 0 fully saturated rings. The fraction of sp³-hybridized carbons (Fsp3) is 0.933. The van der Waals surface area contributed by atoms with Crippen molar-refractivity contribution in [3.63, 3.8) is 0 Å². The summed E-state index contributed by atoms with van der Waals surface area (Å²) in [7, 11) is -4.25. The van der Waals surface area contributed by atoms with Crippen molar-refractivity contribution < 1.29 is 27.6 Å². The van der Waals surface area contributed by atoms with Gasteiger partial charge in [0.05, 0.1) is 0 Å². The first-order valence-corrected chi connectivity index (χ1v) is 9.75. The second kappa shape index (κ2) is 15.3. The van der Waals surface area contributed by atoms with Gasteiger partial charge in [-0.3, -0.25) is 9.35 Å². The smallest absolute Gasteiger partial charge is 0.305 e. The summed E-state index contributed by atoms with van der Waals surface area (Å²) in [6, 6.07) is 0. The predicted octanol–water partition coefficient (Wildman–Crippen LogP) is 2.76. The zero-order valence-electron chi connectivity index (χ0n) is 14.2. The Bertz CT molecular complexity index is 385. The largest absolute Gasteiger partial charge is 0.463 e. The highest BCUT2D eigenvalue weighted by Gasteiger charge is 2.15. The van der Waals surface area contributed by atoms with Gasteiger partial charge < -0.3 is 9.84 Å². The molecule has 0 bridgehead atoms. The van der Waals surface area contributed by atoms with Crippen LogP contribution in [0.4, 0.5) is 0 Å². The SMILES string of the molecule is CCCCCCCCCCCC(=O)OCC(O)CS(=O)(=O)O.P. The molecule has 0 saturated heterocycles. The monoisotopic (exact) mass is 372 g/mol. The van der Waals surface area contributed by atoms with Crippen LogP contribution in [0.1, 0.15) is 71.1 Å². The zero-order valence-corrected chi connectivity index (χ0v) is 16.4. The molecule has 6 nitrogen and oxygen atoms in total. The first-order valence-electron chi connectivity index (χ1n) is 8.14. The molecule has 0 aliphatic carbocycles. The third-order valence-corrected chi connectivity index (χ3v) is 4.13. The summed E-state index contributed by atoms with van der Waals surface area (Å²) < 4.78 is 34.3. The highest BCUT2D eigenvalue weighted by atomic mass is 32.2. The van der Waals surface area contributed by atoms with E-state index in [1.54, 1.807) is 0 Å². The van der Waals surface area contributed by atoms with Gasteiger partial charge in [0.15, 0.2) is 0 Å². The summed E-state index contributed by atoms with van der Waals surface area (Å²) in [5.74, 6) is -1.27. The average Bonchev–Trinajstić information content (AvgIpc) is 2.41. The second-order valence-corrected chi connectivity index (χ2v) is 7.16. The van der Waals surface area contributed by atoms with Crippen LogP contribution < -0.4 is 0 Å². The van der Waals surface area contributed by atoms with E-state index in [1.165, 1.54) is 38.5 Å². The van der Waals surface area contributed by atoms with Crippen LogP contribution in [0.2, 0.25) is 0 Å². The van der Waals surface area contributed by atoms with Gasteiger partial charge in [-0.25, -0.2) is 0 Å². The van der Waals surface area contributed by atoms with E-state index in [2.05, 4.69) is 6.92 Å². The molecule has 0 aromatic carbocycles. The molecule has 0 heterocycles. The number of hydrogen-bond acceptors (Lipinski definition) is 5. The lowest BCUT2D eigenvalue weighted by Crippen LogP contribution is -2.26. The average molecular weight is 372 g/mol. The molecule has 0 amide bonds. The van der Waals surface area contributed by atoms with Crippen molar-refractivity contribution in [2.24, 2.45) is 0 Å². The van der Waals surface area contributed by atoms with Crippen molar-refractivity contribution in [1.82, 2.24) is 0 Å². The normalized spacial score (nSPS) is 12.5. The van der Waals surface area contributed by atoms with Crippen LogP contribution in [0.5, 0.6) is 0 Å². The molecule has 140 valence electrons. The number of carbonyl (C=O) groups is 1. The molecule has 0 aromatic heterocycles. The number of unbranched alkanes of at least 4 members (excludes halogenated alkanes) is 8.